The van der Waals surface area contributed by atoms with Crippen LogP contribution in [0.2, 0.25) is 0 Å². The minimum atomic E-state index is -4.00. The van der Waals surface area contributed by atoms with Gasteiger partial charge in [0.1, 0.15) is 16.5 Å². The molecule has 106 valence electrons. The van der Waals surface area contributed by atoms with Crippen LogP contribution < -0.4 is 10.5 Å². The van der Waals surface area contributed by atoms with Crippen molar-refractivity contribution in [3.05, 3.63) is 23.8 Å². The van der Waals surface area contributed by atoms with Crippen molar-refractivity contribution in [2.75, 3.05) is 18.0 Å². The van der Waals surface area contributed by atoms with Crippen LogP contribution >= 0.6 is 11.8 Å². The minimum absolute atomic E-state index is 0.204. The molecule has 1 heterocycles. The maximum Gasteiger partial charge on any atom is 0.243 e. The van der Waals surface area contributed by atoms with Gasteiger partial charge in [0, 0.05) is 17.9 Å². The molecule has 1 aromatic rings. The van der Waals surface area contributed by atoms with Crippen LogP contribution in [0.15, 0.2) is 17.0 Å². The lowest BCUT2D eigenvalue weighted by Crippen LogP contribution is -2.30. The van der Waals surface area contributed by atoms with Gasteiger partial charge in [-0.1, -0.05) is 0 Å². The third kappa shape index (κ3) is 3.37. The lowest BCUT2D eigenvalue weighted by atomic mass is 10.2. The predicted octanol–water partition coefficient (Wildman–Crippen LogP) is 1.72. The topological polar surface area (TPSA) is 72.2 Å². The zero-order chi connectivity index (χ0) is 14.0. The Kier molecular flexibility index (Phi) is 4.32. The second-order valence-corrected chi connectivity index (χ2v) is 7.43. The van der Waals surface area contributed by atoms with E-state index in [9.17, 15) is 17.2 Å². The Bertz CT molecular complexity index is 572. The molecular weight excluding hydrogens is 294 g/mol. The van der Waals surface area contributed by atoms with Gasteiger partial charge in [-0.3, -0.25) is 0 Å². The van der Waals surface area contributed by atoms with Gasteiger partial charge in [0.15, 0.2) is 0 Å². The molecule has 1 saturated heterocycles. The molecule has 19 heavy (non-hydrogen) atoms. The van der Waals surface area contributed by atoms with Crippen molar-refractivity contribution < 1.29 is 17.2 Å². The van der Waals surface area contributed by atoms with Gasteiger partial charge in [-0.25, -0.2) is 21.9 Å². The SMILES string of the molecule is Nc1cc(S(=O)(=O)NCC2CCCS2)c(F)cc1F. The normalized spacial score (nSPS) is 19.8. The minimum Gasteiger partial charge on any atom is -0.396 e. The predicted molar refractivity (Wildman–Crippen MR) is 71.4 cm³/mol. The van der Waals surface area contributed by atoms with Crippen molar-refractivity contribution in [1.29, 1.82) is 0 Å². The van der Waals surface area contributed by atoms with E-state index in [1.807, 2.05) is 0 Å². The Labute approximate surface area is 114 Å². The molecule has 1 aliphatic rings. The highest BCUT2D eigenvalue weighted by Gasteiger charge is 2.23. The van der Waals surface area contributed by atoms with Crippen LogP contribution in [0.3, 0.4) is 0 Å². The highest BCUT2D eigenvalue weighted by atomic mass is 32.2. The first-order valence-corrected chi connectivity index (χ1v) is 8.29. The van der Waals surface area contributed by atoms with Crippen LogP contribution in [0, 0.1) is 11.6 Å². The Morgan fingerprint density at radius 2 is 2.11 bits per heavy atom. The number of thioether (sulfide) groups is 1. The van der Waals surface area contributed by atoms with Crippen molar-refractivity contribution in [3.63, 3.8) is 0 Å². The third-order valence-electron chi connectivity index (χ3n) is 2.87. The molecular formula is C11H14F2N2O2S2. The molecule has 0 aliphatic carbocycles. The van der Waals surface area contributed by atoms with Crippen molar-refractivity contribution >= 4 is 27.5 Å². The molecule has 0 bridgehead atoms. The van der Waals surface area contributed by atoms with Gasteiger partial charge in [0.05, 0.1) is 5.69 Å². The Morgan fingerprint density at radius 3 is 2.74 bits per heavy atom. The Balaban J connectivity index is 2.16. The van der Waals surface area contributed by atoms with Crippen LogP contribution in [0.25, 0.3) is 0 Å². The summed E-state index contributed by atoms with van der Waals surface area (Å²) < 4.78 is 52.7. The largest absolute Gasteiger partial charge is 0.396 e. The zero-order valence-electron chi connectivity index (χ0n) is 10.0. The number of hydrogen-bond donors (Lipinski definition) is 2. The number of halogens is 2. The number of nitrogens with one attached hydrogen (secondary N) is 1. The van der Waals surface area contributed by atoms with Gasteiger partial charge < -0.3 is 5.73 Å². The number of nitrogens with two attached hydrogens (primary N) is 1. The van der Waals surface area contributed by atoms with E-state index in [4.69, 9.17) is 5.73 Å². The highest BCUT2D eigenvalue weighted by molar-refractivity contribution is 8.00. The first kappa shape index (κ1) is 14.5. The number of rotatable bonds is 4. The second kappa shape index (κ2) is 5.64. The van der Waals surface area contributed by atoms with Crippen molar-refractivity contribution in [2.24, 2.45) is 0 Å². The molecule has 4 nitrogen and oxygen atoms in total. The van der Waals surface area contributed by atoms with E-state index in [1.54, 1.807) is 11.8 Å². The summed E-state index contributed by atoms with van der Waals surface area (Å²) in [4.78, 5) is -0.616. The summed E-state index contributed by atoms with van der Waals surface area (Å²) >= 11 is 1.68. The molecule has 0 amide bonds. The van der Waals surface area contributed by atoms with E-state index in [0.717, 1.165) is 24.7 Å². The fourth-order valence-electron chi connectivity index (χ4n) is 1.84. The molecule has 1 unspecified atom stereocenters. The molecule has 0 spiro atoms. The van der Waals surface area contributed by atoms with Gasteiger partial charge in [-0.05, 0) is 24.7 Å². The zero-order valence-corrected chi connectivity index (χ0v) is 11.7. The maximum atomic E-state index is 13.5. The molecule has 1 aromatic carbocycles. The average Bonchev–Trinajstić information content (AvgIpc) is 2.84. The van der Waals surface area contributed by atoms with Crippen LogP contribution in [-0.4, -0.2) is 26.0 Å². The fourth-order valence-corrected chi connectivity index (χ4v) is 4.32. The maximum absolute atomic E-state index is 13.5. The Hall–Kier alpha value is -0.860. The molecule has 0 saturated carbocycles. The van der Waals surface area contributed by atoms with Crippen LogP contribution in [-0.2, 0) is 10.0 Å². The summed E-state index contributed by atoms with van der Waals surface area (Å²) in [5.41, 5.74) is 4.87. The van der Waals surface area contributed by atoms with E-state index in [-0.39, 0.29) is 11.8 Å². The van der Waals surface area contributed by atoms with Crippen molar-refractivity contribution in [2.45, 2.75) is 23.0 Å². The molecule has 1 fully saturated rings. The lowest BCUT2D eigenvalue weighted by Gasteiger charge is -2.12. The standard InChI is InChI=1S/C11H14F2N2O2S2/c12-8-4-9(13)11(5-10(8)14)19(16,17)15-6-7-2-1-3-18-7/h4-5,7,15H,1-3,6,14H2. The number of anilines is 1. The van der Waals surface area contributed by atoms with E-state index < -0.39 is 32.2 Å². The molecule has 3 N–H and O–H groups in total. The average molecular weight is 308 g/mol. The Morgan fingerprint density at radius 1 is 1.37 bits per heavy atom. The van der Waals surface area contributed by atoms with E-state index in [2.05, 4.69) is 4.72 Å². The van der Waals surface area contributed by atoms with Gasteiger partial charge in [0.2, 0.25) is 10.0 Å². The van der Waals surface area contributed by atoms with E-state index >= 15 is 0 Å². The quantitative estimate of drug-likeness (QED) is 0.831. The molecule has 0 aromatic heterocycles. The van der Waals surface area contributed by atoms with Crippen LogP contribution in [0.4, 0.5) is 14.5 Å². The molecule has 0 radical (unpaired) electrons. The summed E-state index contributed by atoms with van der Waals surface area (Å²) in [6.07, 6.45) is 1.98. The summed E-state index contributed by atoms with van der Waals surface area (Å²) in [6.45, 7) is 0.240. The smallest absolute Gasteiger partial charge is 0.243 e. The summed E-state index contributed by atoms with van der Waals surface area (Å²) in [6, 6.07) is 1.28. The first-order chi connectivity index (χ1) is 8.90. The summed E-state index contributed by atoms with van der Waals surface area (Å²) in [7, 11) is -4.00. The fraction of sp³-hybridized carbons (Fsp3) is 0.455. The van der Waals surface area contributed by atoms with E-state index in [1.165, 1.54) is 0 Å². The number of sulfonamides is 1. The monoisotopic (exact) mass is 308 g/mol. The van der Waals surface area contributed by atoms with Gasteiger partial charge in [-0.15, -0.1) is 0 Å². The summed E-state index contributed by atoms with van der Waals surface area (Å²) in [5, 5.41) is 0.204. The first-order valence-electron chi connectivity index (χ1n) is 5.76. The van der Waals surface area contributed by atoms with Gasteiger partial charge in [0.25, 0.3) is 0 Å². The highest BCUT2D eigenvalue weighted by Crippen LogP contribution is 2.26. The molecule has 1 atom stereocenters. The van der Waals surface area contributed by atoms with Gasteiger partial charge >= 0.3 is 0 Å². The van der Waals surface area contributed by atoms with Gasteiger partial charge in [-0.2, -0.15) is 11.8 Å². The summed E-state index contributed by atoms with van der Waals surface area (Å²) in [5.74, 6) is -1.11. The number of nitrogen functional groups attached to an aromatic ring is 1. The number of benzene rings is 1. The van der Waals surface area contributed by atoms with Crippen molar-refractivity contribution in [1.82, 2.24) is 4.72 Å². The molecule has 8 heteroatoms. The van der Waals surface area contributed by atoms with E-state index in [0.29, 0.717) is 6.07 Å². The van der Waals surface area contributed by atoms with Crippen molar-refractivity contribution in [3.8, 4) is 0 Å². The van der Waals surface area contributed by atoms with Crippen LogP contribution in [0.1, 0.15) is 12.8 Å². The second-order valence-electron chi connectivity index (χ2n) is 4.29. The molecule has 1 aliphatic heterocycles. The van der Waals surface area contributed by atoms with Crippen LogP contribution in [0.5, 0.6) is 0 Å². The lowest BCUT2D eigenvalue weighted by molar-refractivity contribution is 0.544. The molecule has 2 rings (SSSR count). The third-order valence-corrected chi connectivity index (χ3v) is 5.70. The number of hydrogen-bond acceptors (Lipinski definition) is 4.